The molecule has 2 fully saturated rings. The van der Waals surface area contributed by atoms with E-state index >= 15 is 4.79 Å². The molecule has 0 spiro atoms. The lowest BCUT2D eigenvalue weighted by atomic mass is 9.84. The molecule has 15 heteroatoms. The zero-order chi connectivity index (χ0) is 71.4. The number of fused-ring (bicyclic) bond motifs is 1. The summed E-state index contributed by atoms with van der Waals surface area (Å²) in [5.74, 6) is -3.30. The van der Waals surface area contributed by atoms with Crippen LogP contribution in [-0.4, -0.2) is 109 Å². The fourth-order valence-corrected chi connectivity index (χ4v) is 14.3. The average Bonchev–Trinajstić information content (AvgIpc) is 1.63. The maximum atomic E-state index is 15.2. The van der Waals surface area contributed by atoms with E-state index in [4.69, 9.17) is 28.4 Å². The van der Waals surface area contributed by atoms with E-state index in [1.807, 2.05) is 30.3 Å². The second-order valence-electron chi connectivity index (χ2n) is 29.6. The fraction of sp³-hybridized carbons (Fsp3) is 0.845. The summed E-state index contributed by atoms with van der Waals surface area (Å²) in [7, 11) is 0. The molecule has 1 aliphatic carbocycles. The summed E-state index contributed by atoms with van der Waals surface area (Å²) in [5, 5.41) is 3.32. The van der Waals surface area contributed by atoms with Gasteiger partial charge in [0.05, 0.1) is 6.04 Å². The highest BCUT2D eigenvalue weighted by Crippen LogP contribution is 2.41. The van der Waals surface area contributed by atoms with Gasteiger partial charge in [-0.3, -0.25) is 34.1 Å². The second kappa shape index (κ2) is 61.0. The first-order valence-corrected chi connectivity index (χ1v) is 41.6. The number of likely N-dealkylation sites (tertiary alicyclic amines) is 1. The monoisotopic (exact) mass is 1390 g/mol. The lowest BCUT2D eigenvalue weighted by Crippen LogP contribution is -2.56. The number of esters is 6. The number of nitrogens with one attached hydrogen (secondary N) is 1. The van der Waals surface area contributed by atoms with Crippen LogP contribution in [-0.2, 0) is 68.4 Å². The van der Waals surface area contributed by atoms with Gasteiger partial charge in [-0.25, -0.2) is 4.79 Å². The fourth-order valence-electron chi connectivity index (χ4n) is 14.3. The Bertz CT molecular complexity index is 2110. The Morgan fingerprint density at radius 3 is 1.07 bits per heavy atom. The van der Waals surface area contributed by atoms with Crippen molar-refractivity contribution >= 4 is 41.7 Å². The maximum Gasteiger partial charge on any atom is 0.329 e. The summed E-state index contributed by atoms with van der Waals surface area (Å²) < 4.78 is 35.5. The van der Waals surface area contributed by atoms with E-state index in [2.05, 4.69) is 33.0 Å². The molecule has 0 aromatic heterocycles. The van der Waals surface area contributed by atoms with E-state index in [0.29, 0.717) is 44.9 Å². The van der Waals surface area contributed by atoms with Crippen molar-refractivity contribution in [2.75, 3.05) is 26.4 Å². The van der Waals surface area contributed by atoms with Crippen molar-refractivity contribution in [1.82, 2.24) is 10.2 Å². The van der Waals surface area contributed by atoms with Gasteiger partial charge in [-0.05, 0) is 76.2 Å². The summed E-state index contributed by atoms with van der Waals surface area (Å²) in [6.45, 7) is 9.46. The molecule has 1 heterocycles. The number of rotatable bonds is 66. The molecule has 5 atom stereocenters. The van der Waals surface area contributed by atoms with Crippen LogP contribution in [0.15, 0.2) is 30.3 Å². The molecule has 1 saturated heterocycles. The van der Waals surface area contributed by atoms with Crippen LogP contribution in [0.2, 0.25) is 0 Å². The minimum atomic E-state index is -1.10. The van der Waals surface area contributed by atoms with Crippen LogP contribution in [0.3, 0.4) is 0 Å². The highest BCUT2D eigenvalue weighted by Gasteiger charge is 2.50. The number of hydrogen-bond acceptors (Lipinski definition) is 14. The number of carbonyl (C=O) groups excluding carboxylic acids is 7. The number of ether oxygens (including phenoxy) is 6. The molecule has 1 aromatic carbocycles. The third-order valence-corrected chi connectivity index (χ3v) is 20.5. The molecule has 570 valence electrons. The van der Waals surface area contributed by atoms with Gasteiger partial charge in [-0.1, -0.05) is 328 Å². The van der Waals surface area contributed by atoms with Gasteiger partial charge in [0.25, 0.3) is 0 Å². The quantitative estimate of drug-likeness (QED) is 0.0368. The summed E-state index contributed by atoms with van der Waals surface area (Å²) in [4.78, 5) is 99.4. The molecule has 3 rings (SSSR count). The van der Waals surface area contributed by atoms with Crippen LogP contribution in [0.4, 0.5) is 0 Å². The van der Waals surface area contributed by atoms with Crippen LogP contribution in [0.25, 0.3) is 0 Å². The molecule has 0 bridgehead atoms. The van der Waals surface area contributed by atoms with Gasteiger partial charge in [0, 0.05) is 31.7 Å². The lowest BCUT2D eigenvalue weighted by Gasteiger charge is -2.36. The standard InChI is InChI=1S/C84H146N2O13/c1-6-10-14-18-22-26-30-34-38-42-49-59-78(87)94-66-73(67-95-79(88)60-50-43-39-35-31-27-23-19-15-11-7-2)98-83(92)75(64-63-71-55-47-46-48-56-71)85-70(5)82(91)86-76-58-54-53-57-72(76)65-77(86)84(93)99-74(68-96-80(89)61-51-44-40-36-32-28-24-20-16-12-8-3)69-97-81(90)62-52-45-41-37-33-29-25-21-17-13-9-4/h46-48,55-56,70,72-77,85H,6-45,49-54,57-69H2,1-5H3/t70?,72-,75+,76+,77+/m1/s1. The highest BCUT2D eigenvalue weighted by molar-refractivity contribution is 5.89. The van der Waals surface area contributed by atoms with Crippen molar-refractivity contribution in [2.24, 2.45) is 5.92 Å². The molecule has 1 amide bonds. The van der Waals surface area contributed by atoms with Crippen molar-refractivity contribution in [3.8, 4) is 0 Å². The molecular formula is C84H146N2O13. The number of aryl methyl sites for hydroxylation is 1. The van der Waals surface area contributed by atoms with E-state index in [0.717, 1.165) is 102 Å². The number of unbranched alkanes of at least 4 members (excludes halogenated alkanes) is 40. The van der Waals surface area contributed by atoms with Crippen molar-refractivity contribution in [3.63, 3.8) is 0 Å². The van der Waals surface area contributed by atoms with Crippen molar-refractivity contribution in [1.29, 1.82) is 0 Å². The molecule has 1 aliphatic heterocycles. The third kappa shape index (κ3) is 45.2. The first-order valence-electron chi connectivity index (χ1n) is 41.6. The van der Waals surface area contributed by atoms with Gasteiger partial charge in [0.2, 0.25) is 5.91 Å². The van der Waals surface area contributed by atoms with Gasteiger partial charge in [0.15, 0.2) is 12.2 Å². The Balaban J connectivity index is 1.75. The number of nitrogens with zero attached hydrogens (tertiary/aromatic N) is 1. The topological polar surface area (TPSA) is 190 Å². The highest BCUT2D eigenvalue weighted by atomic mass is 16.6. The summed E-state index contributed by atoms with van der Waals surface area (Å²) in [6, 6.07) is 6.48. The first kappa shape index (κ1) is 88.7. The normalized spacial score (nSPS) is 15.8. The predicted molar refractivity (Wildman–Crippen MR) is 400 cm³/mol. The van der Waals surface area contributed by atoms with E-state index < -0.39 is 66.1 Å². The maximum absolute atomic E-state index is 15.2. The van der Waals surface area contributed by atoms with Gasteiger partial charge in [-0.15, -0.1) is 0 Å². The molecule has 1 N–H and O–H groups in total. The Morgan fingerprint density at radius 1 is 0.414 bits per heavy atom. The zero-order valence-electron chi connectivity index (χ0n) is 63.9. The Labute approximate surface area is 603 Å². The van der Waals surface area contributed by atoms with Gasteiger partial charge >= 0.3 is 35.8 Å². The van der Waals surface area contributed by atoms with E-state index in [1.165, 1.54) is 180 Å². The number of benzene rings is 1. The molecule has 1 aromatic rings. The molecule has 0 radical (unpaired) electrons. The molecule has 1 unspecified atom stereocenters. The Hall–Kier alpha value is -4.53. The first-order chi connectivity index (χ1) is 48.4. The van der Waals surface area contributed by atoms with Crippen molar-refractivity contribution in [2.45, 2.75) is 424 Å². The van der Waals surface area contributed by atoms with Crippen LogP contribution in [0.1, 0.15) is 387 Å². The van der Waals surface area contributed by atoms with E-state index in [-0.39, 0.29) is 76.4 Å². The minimum Gasteiger partial charge on any atom is -0.462 e. The zero-order valence-corrected chi connectivity index (χ0v) is 63.9. The van der Waals surface area contributed by atoms with Crippen molar-refractivity contribution in [3.05, 3.63) is 35.9 Å². The van der Waals surface area contributed by atoms with Gasteiger partial charge in [-0.2, -0.15) is 0 Å². The summed E-state index contributed by atoms with van der Waals surface area (Å²) >= 11 is 0. The number of amides is 1. The minimum absolute atomic E-state index is 0.0352. The van der Waals surface area contributed by atoms with Crippen LogP contribution in [0.5, 0.6) is 0 Å². The van der Waals surface area contributed by atoms with Crippen LogP contribution < -0.4 is 5.32 Å². The Morgan fingerprint density at radius 2 is 0.727 bits per heavy atom. The summed E-state index contributed by atoms with van der Waals surface area (Å²) in [5.41, 5.74) is 0.974. The van der Waals surface area contributed by atoms with Gasteiger partial charge in [0.1, 0.15) is 38.5 Å². The molecular weight excluding hydrogens is 1240 g/mol. The number of hydrogen-bond donors (Lipinski definition) is 1. The second-order valence-corrected chi connectivity index (χ2v) is 29.6. The smallest absolute Gasteiger partial charge is 0.329 e. The van der Waals surface area contributed by atoms with Gasteiger partial charge < -0.3 is 33.3 Å². The van der Waals surface area contributed by atoms with Crippen LogP contribution in [0, 0.1) is 5.92 Å². The SMILES string of the molecule is CCCCCCCCCCCCCC(=O)OCC(COC(=O)CCCCCCCCCCCCC)OC(=O)[C@H](CCc1ccccc1)NC(C)C(=O)N1[C@H](C(=O)OC(COC(=O)CCCCCCCCCCCCC)COC(=O)CCCCCCCCCCCCC)C[C@H]2CCCC[C@@H]21. The molecule has 1 saturated carbocycles. The van der Waals surface area contributed by atoms with Crippen LogP contribution >= 0.6 is 0 Å². The molecule has 15 nitrogen and oxygen atoms in total. The largest absolute Gasteiger partial charge is 0.462 e. The average molecular weight is 1390 g/mol. The van der Waals surface area contributed by atoms with E-state index in [9.17, 15) is 28.8 Å². The summed E-state index contributed by atoms with van der Waals surface area (Å²) in [6.07, 6.45) is 53.9. The Kier molecular flexibility index (Phi) is 54.6. The predicted octanol–water partition coefficient (Wildman–Crippen LogP) is 20.9. The third-order valence-electron chi connectivity index (χ3n) is 20.5. The van der Waals surface area contributed by atoms with E-state index in [1.54, 1.807) is 11.8 Å². The van der Waals surface area contributed by atoms with Crippen molar-refractivity contribution < 1.29 is 62.0 Å². The number of carbonyl (C=O) groups is 7. The molecule has 99 heavy (non-hydrogen) atoms. The lowest BCUT2D eigenvalue weighted by molar-refractivity contribution is -0.172. The molecule has 2 aliphatic rings.